The minimum absolute atomic E-state index is 0.176. The van der Waals surface area contributed by atoms with Gasteiger partial charge in [0.15, 0.2) is 5.69 Å². The number of fused-ring (bicyclic) bond motifs is 1. The van der Waals surface area contributed by atoms with E-state index in [1.165, 1.54) is 23.4 Å². The summed E-state index contributed by atoms with van der Waals surface area (Å²) in [7, 11) is 1.29. The number of amides is 1. The number of hydrogen-bond donors (Lipinski definition) is 1. The number of carboxylic acids is 1. The van der Waals surface area contributed by atoms with E-state index in [2.05, 4.69) is 11.2 Å². The molecule has 0 unspecified atom stereocenters. The molecule has 47 heavy (non-hydrogen) atoms. The molecule has 1 aliphatic heterocycles. The van der Waals surface area contributed by atoms with Crippen LogP contribution in [0.15, 0.2) is 66.7 Å². The van der Waals surface area contributed by atoms with Gasteiger partial charge in [0.25, 0.3) is 5.91 Å². The highest BCUT2D eigenvalue weighted by molar-refractivity contribution is 6.06. The van der Waals surface area contributed by atoms with E-state index >= 15 is 0 Å². The summed E-state index contributed by atoms with van der Waals surface area (Å²) in [6, 6.07) is 19.2. The van der Waals surface area contributed by atoms with Gasteiger partial charge in [0.1, 0.15) is 5.60 Å². The number of benzene rings is 3. The lowest BCUT2D eigenvalue weighted by molar-refractivity contribution is 0.00690. The molecular formula is C37H39N3O7. The second kappa shape index (κ2) is 13.6. The van der Waals surface area contributed by atoms with Gasteiger partial charge in [0.2, 0.25) is 0 Å². The van der Waals surface area contributed by atoms with Crippen molar-refractivity contribution in [3.05, 3.63) is 106 Å². The van der Waals surface area contributed by atoms with Gasteiger partial charge >= 0.3 is 17.9 Å². The van der Waals surface area contributed by atoms with Crippen molar-refractivity contribution in [1.82, 2.24) is 14.7 Å². The van der Waals surface area contributed by atoms with Crippen molar-refractivity contribution in [2.75, 3.05) is 13.7 Å². The van der Waals surface area contributed by atoms with Crippen LogP contribution in [0, 0.1) is 0 Å². The lowest BCUT2D eigenvalue weighted by atomic mass is 9.92. The molecule has 10 nitrogen and oxygen atoms in total. The number of nitrogens with zero attached hydrogens (tertiary/aromatic N) is 3. The standard InChI is InChI=1S/C37H39N3O7/c1-6-7-15-30-31(32(34(42)43)38-40(30)27-14-10-13-24(20-27)35(44)46-5)28-17-16-25(36(45)47-37(2,3)4)21-29(28)33(41)39-19-18-23-11-8-9-12-26(23)22-39/h8-14,16-17,20-21H,6-7,15,18-19,22H2,1-5H3,(H,42,43). The quantitative estimate of drug-likeness (QED) is 0.206. The zero-order valence-corrected chi connectivity index (χ0v) is 27.3. The lowest BCUT2D eigenvalue weighted by Crippen LogP contribution is -2.36. The van der Waals surface area contributed by atoms with Gasteiger partial charge in [-0.1, -0.05) is 49.7 Å². The molecule has 0 saturated heterocycles. The Morgan fingerprint density at radius 2 is 1.64 bits per heavy atom. The van der Waals surface area contributed by atoms with Gasteiger partial charge in [-0.25, -0.2) is 19.1 Å². The normalized spacial score (nSPS) is 12.7. The first-order chi connectivity index (χ1) is 22.4. The van der Waals surface area contributed by atoms with E-state index in [0.29, 0.717) is 49.3 Å². The number of unbranched alkanes of at least 4 members (excludes halogenated alkanes) is 1. The summed E-state index contributed by atoms with van der Waals surface area (Å²) in [6.07, 6.45) is 2.62. The van der Waals surface area contributed by atoms with E-state index in [0.717, 1.165) is 12.0 Å². The summed E-state index contributed by atoms with van der Waals surface area (Å²) in [5.41, 5.74) is 3.49. The number of carbonyl (C=O) groups excluding carboxylic acids is 3. The zero-order chi connectivity index (χ0) is 33.9. The number of hydrogen-bond acceptors (Lipinski definition) is 7. The number of rotatable bonds is 9. The molecule has 2 heterocycles. The molecule has 4 aromatic rings. The van der Waals surface area contributed by atoms with Crippen LogP contribution >= 0.6 is 0 Å². The molecular weight excluding hydrogens is 598 g/mol. The molecule has 0 aliphatic carbocycles. The Kier molecular flexibility index (Phi) is 9.60. The molecule has 0 bridgehead atoms. The summed E-state index contributed by atoms with van der Waals surface area (Å²) in [6.45, 7) is 8.14. The largest absolute Gasteiger partial charge is 0.476 e. The summed E-state index contributed by atoms with van der Waals surface area (Å²) in [5.74, 6) is -2.75. The Morgan fingerprint density at radius 3 is 2.32 bits per heavy atom. The van der Waals surface area contributed by atoms with Gasteiger partial charge in [-0.2, -0.15) is 5.10 Å². The van der Waals surface area contributed by atoms with E-state index in [-0.39, 0.29) is 33.9 Å². The first kappa shape index (κ1) is 33.1. The fraction of sp³-hybridized carbons (Fsp3) is 0.324. The molecule has 10 heteroatoms. The van der Waals surface area contributed by atoms with Crippen molar-refractivity contribution < 1.29 is 33.8 Å². The van der Waals surface area contributed by atoms with Gasteiger partial charge in [-0.15, -0.1) is 0 Å². The third-order valence-electron chi connectivity index (χ3n) is 8.03. The van der Waals surface area contributed by atoms with Gasteiger partial charge in [0, 0.05) is 24.2 Å². The van der Waals surface area contributed by atoms with E-state index in [1.54, 1.807) is 62.1 Å². The average molecular weight is 638 g/mol. The van der Waals surface area contributed by atoms with Gasteiger partial charge in [0.05, 0.1) is 29.6 Å². The Bertz CT molecular complexity index is 1850. The number of aromatic carboxylic acids is 1. The Balaban J connectivity index is 1.72. The SMILES string of the molecule is CCCCc1c(-c2ccc(C(=O)OC(C)(C)C)cc2C(=O)N2CCc3ccccc3C2)c(C(=O)O)nn1-c1cccc(C(=O)OC)c1. The van der Waals surface area contributed by atoms with Gasteiger partial charge < -0.3 is 19.5 Å². The van der Waals surface area contributed by atoms with Crippen molar-refractivity contribution in [3.63, 3.8) is 0 Å². The minimum atomic E-state index is -1.28. The van der Waals surface area contributed by atoms with E-state index in [9.17, 15) is 24.3 Å². The maximum absolute atomic E-state index is 14.4. The summed E-state index contributed by atoms with van der Waals surface area (Å²) in [4.78, 5) is 54.5. The average Bonchev–Trinajstić information content (AvgIpc) is 3.45. The number of carboxylic acid groups (broad SMARTS) is 1. The van der Waals surface area contributed by atoms with Crippen LogP contribution in [0.4, 0.5) is 0 Å². The minimum Gasteiger partial charge on any atom is -0.476 e. The van der Waals surface area contributed by atoms with Crippen LogP contribution in [0.1, 0.15) is 98.9 Å². The predicted octanol–water partition coefficient (Wildman–Crippen LogP) is 6.52. The number of esters is 2. The predicted molar refractivity (Wildman–Crippen MR) is 176 cm³/mol. The van der Waals surface area contributed by atoms with Crippen LogP contribution in [0.25, 0.3) is 16.8 Å². The number of methoxy groups -OCH3 is 1. The van der Waals surface area contributed by atoms with Crippen molar-refractivity contribution >= 4 is 23.8 Å². The Morgan fingerprint density at radius 1 is 0.915 bits per heavy atom. The number of ether oxygens (including phenoxy) is 2. The van der Waals surface area contributed by atoms with Crippen LogP contribution in [0.2, 0.25) is 0 Å². The zero-order valence-electron chi connectivity index (χ0n) is 27.3. The third kappa shape index (κ3) is 7.11. The van der Waals surface area contributed by atoms with Crippen molar-refractivity contribution in [3.8, 4) is 16.8 Å². The second-order valence-electron chi connectivity index (χ2n) is 12.5. The molecule has 1 amide bonds. The fourth-order valence-corrected chi connectivity index (χ4v) is 5.80. The van der Waals surface area contributed by atoms with Crippen molar-refractivity contribution in [1.29, 1.82) is 0 Å². The van der Waals surface area contributed by atoms with Crippen LogP contribution in [-0.4, -0.2) is 62.9 Å². The van der Waals surface area contributed by atoms with Crippen molar-refractivity contribution in [2.45, 2.75) is 65.5 Å². The van der Waals surface area contributed by atoms with E-state index in [4.69, 9.17) is 9.47 Å². The molecule has 1 aromatic heterocycles. The molecule has 0 spiro atoms. The summed E-state index contributed by atoms with van der Waals surface area (Å²) >= 11 is 0. The maximum atomic E-state index is 14.4. The molecule has 0 radical (unpaired) electrons. The second-order valence-corrected chi connectivity index (χ2v) is 12.5. The van der Waals surface area contributed by atoms with Crippen LogP contribution in [0.3, 0.4) is 0 Å². The Hall–Kier alpha value is -5.25. The van der Waals surface area contributed by atoms with E-state index in [1.807, 2.05) is 25.1 Å². The molecule has 0 fully saturated rings. The highest BCUT2D eigenvalue weighted by Gasteiger charge is 2.31. The fourth-order valence-electron chi connectivity index (χ4n) is 5.80. The monoisotopic (exact) mass is 637 g/mol. The highest BCUT2D eigenvalue weighted by Crippen LogP contribution is 2.36. The first-order valence-electron chi connectivity index (χ1n) is 15.7. The van der Waals surface area contributed by atoms with Crippen LogP contribution < -0.4 is 0 Å². The molecule has 1 aliphatic rings. The molecule has 5 rings (SSSR count). The molecule has 3 aromatic carbocycles. The van der Waals surface area contributed by atoms with Crippen molar-refractivity contribution in [2.24, 2.45) is 0 Å². The van der Waals surface area contributed by atoms with Gasteiger partial charge in [-0.05, 0) is 87.1 Å². The first-order valence-corrected chi connectivity index (χ1v) is 15.7. The van der Waals surface area contributed by atoms with Crippen LogP contribution in [-0.2, 0) is 28.9 Å². The van der Waals surface area contributed by atoms with Gasteiger partial charge in [-0.3, -0.25) is 4.79 Å². The Labute approximate surface area is 273 Å². The van der Waals surface area contributed by atoms with E-state index < -0.39 is 23.5 Å². The summed E-state index contributed by atoms with van der Waals surface area (Å²) in [5, 5.41) is 15.0. The summed E-state index contributed by atoms with van der Waals surface area (Å²) < 4.78 is 12.0. The number of aromatic nitrogens is 2. The molecule has 0 saturated carbocycles. The highest BCUT2D eigenvalue weighted by atomic mass is 16.6. The molecule has 0 atom stereocenters. The lowest BCUT2D eigenvalue weighted by Gasteiger charge is -2.30. The molecule has 244 valence electrons. The third-order valence-corrected chi connectivity index (χ3v) is 8.03. The maximum Gasteiger partial charge on any atom is 0.357 e. The number of carbonyl (C=O) groups is 4. The smallest absolute Gasteiger partial charge is 0.357 e. The topological polar surface area (TPSA) is 128 Å². The van der Waals surface area contributed by atoms with Crippen LogP contribution in [0.5, 0.6) is 0 Å². The molecule has 1 N–H and O–H groups in total.